The fourth-order valence-electron chi connectivity index (χ4n) is 2.89. The maximum absolute atomic E-state index is 10.6. The molecule has 20 heavy (non-hydrogen) atoms. The quantitative estimate of drug-likeness (QED) is 0.842. The van der Waals surface area contributed by atoms with Gasteiger partial charge in [0.25, 0.3) is 0 Å². The molecule has 2 fully saturated rings. The standard InChI is InChI=1S/C12H18N4O2S2/c17-10(18)8-19-12-14-13-11(20-12)16-6-2-5-15-4-1-3-9(15)7-16/h9H,1-8H2,(H,17,18). The zero-order valence-electron chi connectivity index (χ0n) is 11.2. The molecular weight excluding hydrogens is 296 g/mol. The van der Waals surface area contributed by atoms with Crippen LogP contribution in [0, 0.1) is 0 Å². The number of aromatic nitrogens is 2. The average molecular weight is 314 g/mol. The number of rotatable bonds is 4. The number of anilines is 1. The second kappa shape index (κ2) is 6.28. The molecule has 0 spiro atoms. The van der Waals surface area contributed by atoms with E-state index < -0.39 is 5.97 Å². The van der Waals surface area contributed by atoms with Crippen LogP contribution in [0.5, 0.6) is 0 Å². The van der Waals surface area contributed by atoms with Crippen LogP contribution in [0.25, 0.3) is 0 Å². The fraction of sp³-hybridized carbons (Fsp3) is 0.750. The van der Waals surface area contributed by atoms with Gasteiger partial charge >= 0.3 is 5.97 Å². The molecule has 2 saturated heterocycles. The van der Waals surface area contributed by atoms with E-state index in [1.165, 1.54) is 49.0 Å². The molecule has 0 saturated carbocycles. The summed E-state index contributed by atoms with van der Waals surface area (Å²) in [7, 11) is 0. The first-order chi connectivity index (χ1) is 9.72. The van der Waals surface area contributed by atoms with Crippen molar-refractivity contribution >= 4 is 34.2 Å². The summed E-state index contributed by atoms with van der Waals surface area (Å²) in [5, 5.41) is 18.0. The van der Waals surface area contributed by atoms with Crippen molar-refractivity contribution in [2.45, 2.75) is 29.6 Å². The van der Waals surface area contributed by atoms with Gasteiger partial charge in [0.2, 0.25) is 5.13 Å². The van der Waals surface area contributed by atoms with Gasteiger partial charge in [0, 0.05) is 25.7 Å². The highest BCUT2D eigenvalue weighted by molar-refractivity contribution is 8.01. The van der Waals surface area contributed by atoms with E-state index in [0.717, 1.165) is 29.0 Å². The molecule has 3 heterocycles. The van der Waals surface area contributed by atoms with E-state index in [1.54, 1.807) is 0 Å². The Morgan fingerprint density at radius 2 is 2.20 bits per heavy atom. The number of fused-ring (bicyclic) bond motifs is 1. The Morgan fingerprint density at radius 1 is 1.35 bits per heavy atom. The molecule has 1 atom stereocenters. The third-order valence-electron chi connectivity index (χ3n) is 3.79. The van der Waals surface area contributed by atoms with Crippen LogP contribution >= 0.6 is 23.1 Å². The summed E-state index contributed by atoms with van der Waals surface area (Å²) in [6, 6.07) is 0.650. The second-order valence-corrected chi connectivity index (χ2v) is 7.34. The van der Waals surface area contributed by atoms with Gasteiger partial charge in [-0.3, -0.25) is 9.69 Å². The van der Waals surface area contributed by atoms with E-state index in [0.29, 0.717) is 6.04 Å². The van der Waals surface area contributed by atoms with Crippen LogP contribution in [0.15, 0.2) is 4.34 Å². The summed E-state index contributed by atoms with van der Waals surface area (Å²) < 4.78 is 0.745. The third kappa shape index (κ3) is 3.24. The first-order valence-corrected chi connectivity index (χ1v) is 8.69. The smallest absolute Gasteiger partial charge is 0.313 e. The third-order valence-corrected chi connectivity index (χ3v) is 5.89. The Morgan fingerprint density at radius 3 is 3.05 bits per heavy atom. The van der Waals surface area contributed by atoms with Crippen LogP contribution in [-0.2, 0) is 4.79 Å². The van der Waals surface area contributed by atoms with Crippen molar-refractivity contribution in [1.82, 2.24) is 15.1 Å². The molecule has 1 unspecified atom stereocenters. The highest BCUT2D eigenvalue weighted by Crippen LogP contribution is 2.30. The molecule has 1 aromatic heterocycles. The Kier molecular flexibility index (Phi) is 4.42. The van der Waals surface area contributed by atoms with Crippen molar-refractivity contribution in [3.05, 3.63) is 0 Å². The van der Waals surface area contributed by atoms with Crippen LogP contribution in [0.3, 0.4) is 0 Å². The molecule has 3 rings (SSSR count). The largest absolute Gasteiger partial charge is 0.481 e. The van der Waals surface area contributed by atoms with E-state index in [9.17, 15) is 4.79 Å². The first kappa shape index (κ1) is 14.1. The van der Waals surface area contributed by atoms with Gasteiger partial charge in [-0.25, -0.2) is 0 Å². The number of thioether (sulfide) groups is 1. The first-order valence-electron chi connectivity index (χ1n) is 6.89. The van der Waals surface area contributed by atoms with Gasteiger partial charge < -0.3 is 10.0 Å². The number of hydrogen-bond acceptors (Lipinski definition) is 7. The minimum atomic E-state index is -0.817. The summed E-state index contributed by atoms with van der Waals surface area (Å²) in [5.74, 6) is -0.770. The highest BCUT2D eigenvalue weighted by atomic mass is 32.2. The van der Waals surface area contributed by atoms with Crippen LogP contribution < -0.4 is 4.90 Å². The van der Waals surface area contributed by atoms with Crippen LogP contribution in [0.4, 0.5) is 5.13 Å². The zero-order valence-corrected chi connectivity index (χ0v) is 12.8. The molecule has 1 aromatic rings. The Labute approximate surface area is 126 Å². The molecule has 0 aliphatic carbocycles. The van der Waals surface area contributed by atoms with Crippen molar-refractivity contribution in [2.24, 2.45) is 0 Å². The summed E-state index contributed by atoms with van der Waals surface area (Å²) in [6.07, 6.45) is 3.73. The molecule has 2 aliphatic heterocycles. The lowest BCUT2D eigenvalue weighted by Crippen LogP contribution is -2.36. The number of nitrogens with zero attached hydrogens (tertiary/aromatic N) is 4. The molecule has 0 aromatic carbocycles. The fourth-order valence-corrected chi connectivity index (χ4v) is 4.49. The lowest BCUT2D eigenvalue weighted by Gasteiger charge is -2.24. The van der Waals surface area contributed by atoms with Gasteiger partial charge in [-0.1, -0.05) is 23.1 Å². The van der Waals surface area contributed by atoms with E-state index in [-0.39, 0.29) is 5.75 Å². The molecule has 0 bridgehead atoms. The molecule has 8 heteroatoms. The Bertz CT molecular complexity index is 482. The van der Waals surface area contributed by atoms with Gasteiger partial charge in [-0.05, 0) is 25.8 Å². The number of carboxylic acid groups (broad SMARTS) is 1. The summed E-state index contributed by atoms with van der Waals surface area (Å²) >= 11 is 2.76. The SMILES string of the molecule is O=C(O)CSc1nnc(N2CCCN3CCCC3C2)s1. The molecule has 6 nitrogen and oxygen atoms in total. The van der Waals surface area contributed by atoms with Crippen LogP contribution in [0.1, 0.15) is 19.3 Å². The maximum Gasteiger partial charge on any atom is 0.313 e. The van der Waals surface area contributed by atoms with Crippen LogP contribution in [0.2, 0.25) is 0 Å². The van der Waals surface area contributed by atoms with Crippen molar-refractivity contribution < 1.29 is 9.90 Å². The van der Waals surface area contributed by atoms with Crippen LogP contribution in [-0.4, -0.2) is 64.1 Å². The van der Waals surface area contributed by atoms with Crippen molar-refractivity contribution in [2.75, 3.05) is 36.8 Å². The number of carbonyl (C=O) groups is 1. The van der Waals surface area contributed by atoms with E-state index >= 15 is 0 Å². The predicted octanol–water partition coefficient (Wildman–Crippen LogP) is 1.39. The zero-order chi connectivity index (χ0) is 13.9. The molecule has 2 aliphatic rings. The summed E-state index contributed by atoms with van der Waals surface area (Å²) in [6.45, 7) is 4.46. The van der Waals surface area contributed by atoms with Gasteiger partial charge in [-0.15, -0.1) is 10.2 Å². The van der Waals surface area contributed by atoms with E-state index in [4.69, 9.17) is 5.11 Å². The molecule has 1 N–H and O–H groups in total. The molecule has 110 valence electrons. The Balaban J connectivity index is 1.64. The van der Waals surface area contributed by atoms with Gasteiger partial charge in [0.15, 0.2) is 4.34 Å². The van der Waals surface area contributed by atoms with Gasteiger partial charge in [0.05, 0.1) is 5.75 Å². The maximum atomic E-state index is 10.6. The monoisotopic (exact) mass is 314 g/mol. The van der Waals surface area contributed by atoms with Gasteiger partial charge in [-0.2, -0.15) is 0 Å². The van der Waals surface area contributed by atoms with Crippen molar-refractivity contribution in [3.8, 4) is 0 Å². The minimum absolute atomic E-state index is 0.0467. The Hall–Kier alpha value is -0.860. The molecule has 0 amide bonds. The average Bonchev–Trinajstić information content (AvgIpc) is 3.02. The predicted molar refractivity (Wildman–Crippen MR) is 79.7 cm³/mol. The van der Waals surface area contributed by atoms with Crippen molar-refractivity contribution in [1.29, 1.82) is 0 Å². The molecular formula is C12H18N4O2S2. The lowest BCUT2D eigenvalue weighted by atomic mass is 10.2. The van der Waals surface area contributed by atoms with E-state index in [2.05, 4.69) is 20.0 Å². The number of carboxylic acids is 1. The summed E-state index contributed by atoms with van der Waals surface area (Å²) in [4.78, 5) is 15.5. The van der Waals surface area contributed by atoms with Gasteiger partial charge in [0.1, 0.15) is 0 Å². The number of hydrogen-bond donors (Lipinski definition) is 1. The summed E-state index contributed by atoms with van der Waals surface area (Å²) in [5.41, 5.74) is 0. The highest BCUT2D eigenvalue weighted by Gasteiger charge is 2.29. The normalized spacial score (nSPS) is 23.6. The number of aliphatic carboxylic acids is 1. The minimum Gasteiger partial charge on any atom is -0.481 e. The van der Waals surface area contributed by atoms with E-state index in [1.807, 2.05) is 0 Å². The molecule has 0 radical (unpaired) electrons. The second-order valence-electron chi connectivity index (χ2n) is 5.16. The lowest BCUT2D eigenvalue weighted by molar-refractivity contribution is -0.133. The topological polar surface area (TPSA) is 69.6 Å². The van der Waals surface area contributed by atoms with Crippen molar-refractivity contribution in [3.63, 3.8) is 0 Å².